The van der Waals surface area contributed by atoms with Gasteiger partial charge in [-0.25, -0.2) is 8.42 Å². The minimum atomic E-state index is -3.78. The highest BCUT2D eigenvalue weighted by atomic mass is 32.2. The molecule has 0 fully saturated rings. The molecule has 0 radical (unpaired) electrons. The van der Waals surface area contributed by atoms with E-state index >= 15 is 0 Å². The Bertz CT molecular complexity index is 1220. The zero-order valence-electron chi connectivity index (χ0n) is 18.4. The van der Waals surface area contributed by atoms with Crippen molar-refractivity contribution in [3.63, 3.8) is 0 Å². The molecule has 8 heteroatoms. The molecular weight excluding hydrogens is 428 g/mol. The van der Waals surface area contributed by atoms with E-state index in [0.29, 0.717) is 22.7 Å². The van der Waals surface area contributed by atoms with Gasteiger partial charge in [0.2, 0.25) is 0 Å². The molecule has 0 saturated carbocycles. The Balaban J connectivity index is 1.64. The summed E-state index contributed by atoms with van der Waals surface area (Å²) in [5.74, 6) is 0.769. The molecule has 0 aliphatic heterocycles. The van der Waals surface area contributed by atoms with Crippen LogP contribution < -0.4 is 19.5 Å². The molecule has 2 N–H and O–H groups in total. The normalized spacial score (nSPS) is 11.0. The number of hydrogen-bond acceptors (Lipinski definition) is 5. The lowest BCUT2D eigenvalue weighted by Gasteiger charge is -2.13. The van der Waals surface area contributed by atoms with Crippen molar-refractivity contribution in [2.24, 2.45) is 0 Å². The highest BCUT2D eigenvalue weighted by molar-refractivity contribution is 7.92. The lowest BCUT2D eigenvalue weighted by atomic mass is 10.1. The van der Waals surface area contributed by atoms with Gasteiger partial charge in [0.05, 0.1) is 12.0 Å². The fourth-order valence-corrected chi connectivity index (χ4v) is 4.25. The highest BCUT2D eigenvalue weighted by Crippen LogP contribution is 2.24. The molecule has 3 rings (SSSR count). The van der Waals surface area contributed by atoms with Crippen LogP contribution in [-0.2, 0) is 14.8 Å². The number of carbonyl (C=O) groups excluding carboxylic acids is 1. The van der Waals surface area contributed by atoms with Crippen LogP contribution in [0.25, 0.3) is 0 Å². The van der Waals surface area contributed by atoms with Gasteiger partial charge in [-0.15, -0.1) is 0 Å². The molecule has 32 heavy (non-hydrogen) atoms. The molecule has 7 nitrogen and oxygen atoms in total. The summed E-state index contributed by atoms with van der Waals surface area (Å²) in [6.07, 6.45) is 0. The van der Waals surface area contributed by atoms with Crippen LogP contribution in [0.1, 0.15) is 16.7 Å². The van der Waals surface area contributed by atoms with Gasteiger partial charge in [-0.05, 0) is 80.4 Å². The SMILES string of the molecule is COc1ccc(NS(=O)(=O)c2ccc(OCC(=O)Nc3ccc(C)cc3C)c(C)c2)cc1. The first kappa shape index (κ1) is 23.1. The summed E-state index contributed by atoms with van der Waals surface area (Å²) >= 11 is 0. The van der Waals surface area contributed by atoms with E-state index in [1.54, 1.807) is 44.4 Å². The minimum Gasteiger partial charge on any atom is -0.497 e. The van der Waals surface area contributed by atoms with Crippen LogP contribution in [0, 0.1) is 20.8 Å². The van der Waals surface area contributed by atoms with Gasteiger partial charge >= 0.3 is 0 Å². The van der Waals surface area contributed by atoms with Gasteiger partial charge in [0.1, 0.15) is 11.5 Å². The summed E-state index contributed by atoms with van der Waals surface area (Å²) in [6, 6.07) is 16.8. The maximum atomic E-state index is 12.7. The first-order chi connectivity index (χ1) is 15.2. The van der Waals surface area contributed by atoms with E-state index in [0.717, 1.165) is 16.8 Å². The lowest BCUT2D eigenvalue weighted by molar-refractivity contribution is -0.118. The molecule has 0 heterocycles. The van der Waals surface area contributed by atoms with Crippen LogP contribution in [0.5, 0.6) is 11.5 Å². The fraction of sp³-hybridized carbons (Fsp3) is 0.208. The average Bonchev–Trinajstić information content (AvgIpc) is 2.75. The third-order valence-electron chi connectivity index (χ3n) is 4.81. The third-order valence-corrected chi connectivity index (χ3v) is 6.19. The lowest BCUT2D eigenvalue weighted by Crippen LogP contribution is -2.21. The van der Waals surface area contributed by atoms with Crippen LogP contribution >= 0.6 is 0 Å². The van der Waals surface area contributed by atoms with E-state index in [-0.39, 0.29) is 17.4 Å². The number of methoxy groups -OCH3 is 1. The summed E-state index contributed by atoms with van der Waals surface area (Å²) in [5.41, 5.74) is 3.83. The van der Waals surface area contributed by atoms with Gasteiger partial charge in [0.25, 0.3) is 15.9 Å². The van der Waals surface area contributed by atoms with Crippen LogP contribution in [-0.4, -0.2) is 28.0 Å². The zero-order chi connectivity index (χ0) is 23.3. The Hall–Kier alpha value is -3.52. The van der Waals surface area contributed by atoms with Gasteiger partial charge < -0.3 is 14.8 Å². The number of ether oxygens (including phenoxy) is 2. The van der Waals surface area contributed by atoms with Crippen molar-refractivity contribution in [2.75, 3.05) is 23.8 Å². The van der Waals surface area contributed by atoms with Gasteiger partial charge in [0, 0.05) is 11.4 Å². The monoisotopic (exact) mass is 454 g/mol. The second-order valence-electron chi connectivity index (χ2n) is 7.42. The van der Waals surface area contributed by atoms with E-state index in [4.69, 9.17) is 9.47 Å². The van der Waals surface area contributed by atoms with Crippen molar-refractivity contribution in [1.82, 2.24) is 0 Å². The van der Waals surface area contributed by atoms with Crippen LogP contribution in [0.4, 0.5) is 11.4 Å². The second kappa shape index (κ2) is 9.74. The van der Waals surface area contributed by atoms with Crippen molar-refractivity contribution in [2.45, 2.75) is 25.7 Å². The predicted octanol–water partition coefficient (Wildman–Crippen LogP) is 4.44. The molecule has 0 unspecified atom stereocenters. The maximum absolute atomic E-state index is 12.7. The van der Waals surface area contributed by atoms with Gasteiger partial charge in [-0.1, -0.05) is 17.7 Å². The summed E-state index contributed by atoms with van der Waals surface area (Å²) in [6.45, 7) is 5.45. The minimum absolute atomic E-state index is 0.0953. The van der Waals surface area contributed by atoms with Crippen molar-refractivity contribution in [3.05, 3.63) is 77.4 Å². The standard InChI is InChI=1S/C24H26N2O5S/c1-16-5-11-22(17(2)13-16)25-24(27)15-31-23-12-10-21(14-18(23)3)32(28,29)26-19-6-8-20(30-4)9-7-19/h5-14,26H,15H2,1-4H3,(H,25,27). The topological polar surface area (TPSA) is 93.7 Å². The maximum Gasteiger partial charge on any atom is 0.262 e. The molecular formula is C24H26N2O5S. The number of rotatable bonds is 8. The van der Waals surface area contributed by atoms with E-state index in [9.17, 15) is 13.2 Å². The molecule has 3 aromatic rings. The van der Waals surface area contributed by atoms with Crippen LogP contribution in [0.3, 0.4) is 0 Å². The molecule has 0 aliphatic carbocycles. The number of anilines is 2. The number of sulfonamides is 1. The third kappa shape index (κ3) is 5.79. The smallest absolute Gasteiger partial charge is 0.262 e. The number of hydrogen-bond donors (Lipinski definition) is 2. The van der Waals surface area contributed by atoms with Crippen molar-refractivity contribution < 1.29 is 22.7 Å². The number of benzene rings is 3. The Labute approximate surface area is 188 Å². The quantitative estimate of drug-likeness (QED) is 0.525. The van der Waals surface area contributed by atoms with E-state index in [1.165, 1.54) is 12.1 Å². The first-order valence-corrected chi connectivity index (χ1v) is 11.4. The van der Waals surface area contributed by atoms with Gasteiger partial charge in [-0.2, -0.15) is 0 Å². The van der Waals surface area contributed by atoms with Crippen LogP contribution in [0.2, 0.25) is 0 Å². The Kier molecular flexibility index (Phi) is 7.05. The molecule has 3 aromatic carbocycles. The van der Waals surface area contributed by atoms with Crippen molar-refractivity contribution in [1.29, 1.82) is 0 Å². The van der Waals surface area contributed by atoms with Gasteiger partial charge in [0.15, 0.2) is 6.61 Å². The number of aryl methyl sites for hydroxylation is 3. The fourth-order valence-electron chi connectivity index (χ4n) is 3.11. The Morgan fingerprint density at radius 3 is 2.25 bits per heavy atom. The average molecular weight is 455 g/mol. The highest BCUT2D eigenvalue weighted by Gasteiger charge is 2.16. The summed E-state index contributed by atoms with van der Waals surface area (Å²) in [4.78, 5) is 12.4. The molecule has 0 spiro atoms. The predicted molar refractivity (Wildman–Crippen MR) is 125 cm³/mol. The van der Waals surface area contributed by atoms with Crippen LogP contribution in [0.15, 0.2) is 65.6 Å². The van der Waals surface area contributed by atoms with E-state index in [1.807, 2.05) is 32.0 Å². The molecule has 0 atom stereocenters. The Morgan fingerprint density at radius 1 is 0.906 bits per heavy atom. The molecule has 1 amide bonds. The Morgan fingerprint density at radius 2 is 1.62 bits per heavy atom. The number of carbonyl (C=O) groups is 1. The molecule has 0 aliphatic rings. The zero-order valence-corrected chi connectivity index (χ0v) is 19.2. The second-order valence-corrected chi connectivity index (χ2v) is 9.10. The largest absolute Gasteiger partial charge is 0.497 e. The summed E-state index contributed by atoms with van der Waals surface area (Å²) in [5, 5.41) is 2.82. The number of nitrogens with one attached hydrogen (secondary N) is 2. The van der Waals surface area contributed by atoms with E-state index in [2.05, 4.69) is 10.0 Å². The van der Waals surface area contributed by atoms with Crippen molar-refractivity contribution >= 4 is 27.3 Å². The van der Waals surface area contributed by atoms with E-state index < -0.39 is 10.0 Å². The molecule has 0 bridgehead atoms. The first-order valence-electron chi connectivity index (χ1n) is 9.95. The molecule has 0 aromatic heterocycles. The van der Waals surface area contributed by atoms with Gasteiger partial charge in [-0.3, -0.25) is 9.52 Å². The summed E-state index contributed by atoms with van der Waals surface area (Å²) in [7, 11) is -2.24. The molecule has 0 saturated heterocycles. The molecule has 168 valence electrons. The summed E-state index contributed by atoms with van der Waals surface area (Å²) < 4.78 is 38.6. The number of amides is 1. The van der Waals surface area contributed by atoms with Crippen molar-refractivity contribution in [3.8, 4) is 11.5 Å².